The molecule has 0 heterocycles. The topological polar surface area (TPSA) is 61.8 Å². The van der Waals surface area contributed by atoms with Crippen molar-refractivity contribution in [1.29, 1.82) is 0 Å². The van der Waals surface area contributed by atoms with E-state index in [2.05, 4.69) is 0 Å². The third-order valence-electron chi connectivity index (χ3n) is 4.16. The van der Waals surface area contributed by atoms with Crippen LogP contribution in [0.1, 0.15) is 15.9 Å². The Morgan fingerprint density at radius 2 is 1.68 bits per heavy atom. The number of para-hydroxylation sites is 1. The zero-order valence-electron chi connectivity index (χ0n) is 16.5. The van der Waals surface area contributed by atoms with E-state index in [0.717, 1.165) is 11.3 Å². The molecule has 0 atom stereocenters. The third kappa shape index (κ3) is 6.35. The largest absolute Gasteiger partial charge is 0.497 e. The summed E-state index contributed by atoms with van der Waals surface area (Å²) in [7, 11) is 1.59. The van der Waals surface area contributed by atoms with Crippen molar-refractivity contribution in [2.45, 2.75) is 0 Å². The van der Waals surface area contributed by atoms with Gasteiger partial charge in [0.2, 0.25) is 0 Å². The van der Waals surface area contributed by atoms with E-state index >= 15 is 0 Å². The first-order chi connectivity index (χ1) is 15.0. The van der Waals surface area contributed by atoms with Crippen LogP contribution in [0.25, 0.3) is 6.08 Å². The highest BCUT2D eigenvalue weighted by molar-refractivity contribution is 6.35. The molecule has 3 aromatic carbocycles. The van der Waals surface area contributed by atoms with Gasteiger partial charge in [0, 0.05) is 5.02 Å². The molecule has 158 valence electrons. The van der Waals surface area contributed by atoms with Crippen LogP contribution >= 0.6 is 23.2 Å². The average Bonchev–Trinajstić information content (AvgIpc) is 2.77. The molecule has 0 saturated heterocycles. The van der Waals surface area contributed by atoms with E-state index < -0.39 is 5.97 Å². The zero-order chi connectivity index (χ0) is 22.2. The Hall–Kier alpha value is -3.28. The normalized spacial score (nSPS) is 10.7. The van der Waals surface area contributed by atoms with E-state index in [1.54, 1.807) is 61.7 Å². The van der Waals surface area contributed by atoms with Crippen LogP contribution in [-0.4, -0.2) is 25.5 Å². The number of halogens is 2. The molecule has 5 nitrogen and oxygen atoms in total. The first-order valence-corrected chi connectivity index (χ1v) is 9.96. The molecule has 3 aromatic rings. The first-order valence-electron chi connectivity index (χ1n) is 9.20. The fraction of sp³-hybridized carbons (Fsp3) is 0.0833. The third-order valence-corrected chi connectivity index (χ3v) is 4.69. The summed E-state index contributed by atoms with van der Waals surface area (Å²) < 4.78 is 15.8. The van der Waals surface area contributed by atoms with Gasteiger partial charge in [0.05, 0.1) is 17.7 Å². The molecule has 0 bridgehead atoms. The lowest BCUT2D eigenvalue weighted by atomic mass is 10.1. The van der Waals surface area contributed by atoms with Crippen molar-refractivity contribution in [2.24, 2.45) is 0 Å². The van der Waals surface area contributed by atoms with Crippen molar-refractivity contribution >= 4 is 41.0 Å². The van der Waals surface area contributed by atoms with E-state index in [-0.39, 0.29) is 28.7 Å². The van der Waals surface area contributed by atoms with Crippen molar-refractivity contribution in [3.8, 4) is 17.2 Å². The van der Waals surface area contributed by atoms with Gasteiger partial charge >= 0.3 is 5.97 Å². The highest BCUT2D eigenvalue weighted by Crippen LogP contribution is 2.27. The van der Waals surface area contributed by atoms with Gasteiger partial charge < -0.3 is 14.2 Å². The summed E-state index contributed by atoms with van der Waals surface area (Å²) in [6.45, 7) is -0.383. The van der Waals surface area contributed by atoms with Crippen molar-refractivity contribution in [2.75, 3.05) is 13.7 Å². The Balaban J connectivity index is 1.65. The molecule has 0 unspecified atom stereocenters. The van der Waals surface area contributed by atoms with Gasteiger partial charge in [0.25, 0.3) is 0 Å². The van der Waals surface area contributed by atoms with Crippen molar-refractivity contribution < 1.29 is 23.8 Å². The van der Waals surface area contributed by atoms with Gasteiger partial charge in [-0.1, -0.05) is 53.5 Å². The van der Waals surface area contributed by atoms with Crippen LogP contribution in [0.3, 0.4) is 0 Å². The maximum absolute atomic E-state index is 12.6. The molecule has 31 heavy (non-hydrogen) atoms. The first kappa shape index (κ1) is 22.4. The van der Waals surface area contributed by atoms with Gasteiger partial charge in [-0.15, -0.1) is 0 Å². The van der Waals surface area contributed by atoms with Crippen molar-refractivity contribution in [1.82, 2.24) is 0 Å². The van der Waals surface area contributed by atoms with Crippen LogP contribution < -0.4 is 14.2 Å². The second-order valence-electron chi connectivity index (χ2n) is 6.30. The van der Waals surface area contributed by atoms with Gasteiger partial charge in [0.15, 0.2) is 12.4 Å². The number of hydrogen-bond acceptors (Lipinski definition) is 5. The van der Waals surface area contributed by atoms with E-state index in [1.807, 2.05) is 12.1 Å². The van der Waals surface area contributed by atoms with E-state index in [1.165, 1.54) is 12.1 Å². The number of ether oxygens (including phenoxy) is 3. The Morgan fingerprint density at radius 1 is 0.935 bits per heavy atom. The number of methoxy groups -OCH3 is 1. The molecule has 0 amide bonds. The van der Waals surface area contributed by atoms with Gasteiger partial charge in [-0.25, -0.2) is 4.79 Å². The maximum Gasteiger partial charge on any atom is 0.349 e. The summed E-state index contributed by atoms with van der Waals surface area (Å²) >= 11 is 11.9. The molecule has 0 aliphatic rings. The molecule has 0 aliphatic carbocycles. The zero-order valence-corrected chi connectivity index (χ0v) is 18.0. The number of hydrogen-bond donors (Lipinski definition) is 0. The predicted octanol–water partition coefficient (Wildman–Crippen LogP) is 5.88. The van der Waals surface area contributed by atoms with Gasteiger partial charge in [-0.2, -0.15) is 0 Å². The lowest BCUT2D eigenvalue weighted by Gasteiger charge is -2.10. The predicted molar refractivity (Wildman–Crippen MR) is 120 cm³/mol. The monoisotopic (exact) mass is 456 g/mol. The highest BCUT2D eigenvalue weighted by atomic mass is 35.5. The lowest BCUT2D eigenvalue weighted by molar-refractivity contribution is -0.136. The van der Waals surface area contributed by atoms with Gasteiger partial charge in [-0.3, -0.25) is 4.79 Å². The van der Waals surface area contributed by atoms with Crippen LogP contribution in [-0.2, 0) is 4.79 Å². The summed E-state index contributed by atoms with van der Waals surface area (Å²) in [5, 5.41) is 0.731. The quantitative estimate of drug-likeness (QED) is 0.183. The molecular formula is C24H18Cl2O5. The molecule has 0 aliphatic heterocycles. The molecule has 7 heteroatoms. The summed E-state index contributed by atoms with van der Waals surface area (Å²) in [6.07, 6.45) is 3.09. The Morgan fingerprint density at radius 3 is 2.39 bits per heavy atom. The highest BCUT2D eigenvalue weighted by Gasteiger charge is 2.14. The van der Waals surface area contributed by atoms with Crippen molar-refractivity contribution in [3.05, 3.63) is 94.0 Å². The minimum absolute atomic E-state index is 0.141. The minimum Gasteiger partial charge on any atom is -0.497 e. The fourth-order valence-corrected chi connectivity index (χ4v) is 3.08. The van der Waals surface area contributed by atoms with Crippen LogP contribution in [0.5, 0.6) is 17.2 Å². The smallest absolute Gasteiger partial charge is 0.349 e. The van der Waals surface area contributed by atoms with Gasteiger partial charge in [0.1, 0.15) is 17.2 Å². The summed E-state index contributed by atoms with van der Waals surface area (Å²) in [4.78, 5) is 24.9. The van der Waals surface area contributed by atoms with E-state index in [4.69, 9.17) is 37.4 Å². The number of esters is 1. The standard InChI is InChI=1S/C24H18Cl2O5/c1-29-18-10-6-16(7-11-18)8-12-21(27)19-4-2-3-5-22(19)31-24(28)15-30-23-13-9-17(25)14-20(23)26/h2-14H,15H2,1H3/b12-8+. The molecule has 0 radical (unpaired) electrons. The Kier molecular flexibility index (Phi) is 7.70. The maximum atomic E-state index is 12.6. The molecule has 0 N–H and O–H groups in total. The second-order valence-corrected chi connectivity index (χ2v) is 7.15. The molecule has 3 rings (SSSR count). The van der Waals surface area contributed by atoms with Crippen LogP contribution in [0, 0.1) is 0 Å². The molecular weight excluding hydrogens is 439 g/mol. The molecule has 0 spiro atoms. The number of benzene rings is 3. The average molecular weight is 457 g/mol. The van der Waals surface area contributed by atoms with Crippen LogP contribution in [0.15, 0.2) is 72.8 Å². The van der Waals surface area contributed by atoms with Gasteiger partial charge in [-0.05, 0) is 54.1 Å². The summed E-state index contributed by atoms with van der Waals surface area (Å²) in [5.41, 5.74) is 1.09. The molecule has 0 saturated carbocycles. The fourth-order valence-electron chi connectivity index (χ4n) is 2.62. The Bertz CT molecular complexity index is 1110. The lowest BCUT2D eigenvalue weighted by Crippen LogP contribution is -2.19. The van der Waals surface area contributed by atoms with E-state index in [0.29, 0.717) is 10.8 Å². The molecule has 0 fully saturated rings. The number of carbonyl (C=O) groups excluding carboxylic acids is 2. The van der Waals surface area contributed by atoms with Crippen molar-refractivity contribution in [3.63, 3.8) is 0 Å². The molecule has 0 aromatic heterocycles. The number of allylic oxidation sites excluding steroid dienone is 1. The Labute approximate surface area is 189 Å². The van der Waals surface area contributed by atoms with Crippen LogP contribution in [0.4, 0.5) is 0 Å². The minimum atomic E-state index is -0.676. The number of carbonyl (C=O) groups is 2. The van der Waals surface area contributed by atoms with E-state index in [9.17, 15) is 9.59 Å². The SMILES string of the molecule is COc1ccc(/C=C/C(=O)c2ccccc2OC(=O)COc2ccc(Cl)cc2Cl)cc1. The number of ketones is 1. The van der Waals surface area contributed by atoms with Crippen LogP contribution in [0.2, 0.25) is 10.0 Å². The summed E-state index contributed by atoms with van der Waals surface area (Å²) in [5.74, 6) is 0.187. The second kappa shape index (κ2) is 10.7. The number of rotatable bonds is 8. The summed E-state index contributed by atoms with van der Waals surface area (Å²) in [6, 6.07) is 18.4.